The van der Waals surface area contributed by atoms with E-state index in [4.69, 9.17) is 4.74 Å². The van der Waals surface area contributed by atoms with E-state index in [2.05, 4.69) is 67.1 Å². The zero-order chi connectivity index (χ0) is 20.4. The van der Waals surface area contributed by atoms with Gasteiger partial charge in [0.25, 0.3) is 0 Å². The molecule has 0 aliphatic carbocycles. The minimum atomic E-state index is -0.305. The summed E-state index contributed by atoms with van der Waals surface area (Å²) < 4.78 is 7.19. The monoisotopic (exact) mass is 383 g/mol. The Morgan fingerprint density at radius 1 is 0.931 bits per heavy atom. The number of nitrogens with zero attached hydrogens (tertiary/aromatic N) is 1. The predicted molar refractivity (Wildman–Crippen MR) is 118 cm³/mol. The molecule has 0 saturated heterocycles. The molecule has 0 unspecified atom stereocenters. The van der Waals surface area contributed by atoms with Crippen molar-refractivity contribution in [3.8, 4) is 11.3 Å². The fourth-order valence-corrected chi connectivity index (χ4v) is 4.05. The number of aryl methyl sites for hydroxylation is 2. The standard InChI is InChI=1S/C26H25NO2/c1-4-18-13-14-22-23(16-19-9-8-12-21(15-19)26(28)29-3)25(27(2)24(22)17-18)20-10-6-5-7-11-20/h5-15,17H,4,16H2,1-3H3. The molecule has 0 aliphatic rings. The van der Waals surface area contributed by atoms with Crippen molar-refractivity contribution in [3.63, 3.8) is 0 Å². The lowest BCUT2D eigenvalue weighted by Gasteiger charge is -2.09. The summed E-state index contributed by atoms with van der Waals surface area (Å²) in [4.78, 5) is 12.0. The summed E-state index contributed by atoms with van der Waals surface area (Å²) in [5, 5.41) is 1.26. The number of methoxy groups -OCH3 is 1. The highest BCUT2D eigenvalue weighted by Crippen LogP contribution is 2.35. The van der Waals surface area contributed by atoms with Gasteiger partial charge in [-0.05, 0) is 46.9 Å². The fourth-order valence-electron chi connectivity index (χ4n) is 4.05. The molecule has 4 rings (SSSR count). The number of carbonyl (C=O) groups is 1. The number of carbonyl (C=O) groups excluding carboxylic acids is 1. The molecule has 3 nitrogen and oxygen atoms in total. The van der Waals surface area contributed by atoms with Crippen molar-refractivity contribution in [2.24, 2.45) is 7.05 Å². The van der Waals surface area contributed by atoms with Gasteiger partial charge in [0.05, 0.1) is 18.4 Å². The van der Waals surface area contributed by atoms with Gasteiger partial charge in [0.1, 0.15) is 0 Å². The molecule has 1 heterocycles. The molecule has 29 heavy (non-hydrogen) atoms. The normalized spacial score (nSPS) is 11.0. The number of ether oxygens (including phenoxy) is 1. The molecule has 0 N–H and O–H groups in total. The third-order valence-electron chi connectivity index (χ3n) is 5.55. The highest BCUT2D eigenvalue weighted by Gasteiger charge is 2.18. The van der Waals surface area contributed by atoms with E-state index in [1.165, 1.54) is 40.4 Å². The molecule has 146 valence electrons. The maximum absolute atomic E-state index is 12.0. The number of esters is 1. The fraction of sp³-hybridized carbons (Fsp3) is 0.192. The van der Waals surface area contributed by atoms with Crippen LogP contribution in [0.15, 0.2) is 72.8 Å². The Kier molecular flexibility index (Phi) is 5.22. The Morgan fingerprint density at radius 2 is 1.72 bits per heavy atom. The lowest BCUT2D eigenvalue weighted by Crippen LogP contribution is -2.02. The predicted octanol–water partition coefficient (Wildman–Crippen LogP) is 5.79. The quantitative estimate of drug-likeness (QED) is 0.409. The number of rotatable bonds is 5. The zero-order valence-corrected chi connectivity index (χ0v) is 17.1. The van der Waals surface area contributed by atoms with Gasteiger partial charge in [-0.25, -0.2) is 4.79 Å². The highest BCUT2D eigenvalue weighted by atomic mass is 16.5. The van der Waals surface area contributed by atoms with Gasteiger partial charge >= 0.3 is 5.97 Å². The second-order valence-electron chi connectivity index (χ2n) is 7.33. The lowest BCUT2D eigenvalue weighted by atomic mass is 9.97. The van der Waals surface area contributed by atoms with Crippen molar-refractivity contribution in [3.05, 3.63) is 95.1 Å². The van der Waals surface area contributed by atoms with E-state index in [9.17, 15) is 4.79 Å². The van der Waals surface area contributed by atoms with Crippen molar-refractivity contribution < 1.29 is 9.53 Å². The second-order valence-corrected chi connectivity index (χ2v) is 7.33. The number of aromatic nitrogens is 1. The van der Waals surface area contributed by atoms with Gasteiger partial charge in [-0.1, -0.05) is 61.5 Å². The third-order valence-corrected chi connectivity index (χ3v) is 5.55. The molecule has 1 aromatic heterocycles. The molecule has 3 aromatic carbocycles. The Bertz CT molecular complexity index is 1170. The lowest BCUT2D eigenvalue weighted by molar-refractivity contribution is 0.0600. The Balaban J connectivity index is 1.90. The average molecular weight is 383 g/mol. The third kappa shape index (κ3) is 3.56. The van der Waals surface area contributed by atoms with Gasteiger partial charge in [-0.15, -0.1) is 0 Å². The summed E-state index contributed by atoms with van der Waals surface area (Å²) in [7, 11) is 3.55. The molecule has 0 atom stereocenters. The summed E-state index contributed by atoms with van der Waals surface area (Å²) in [6.07, 6.45) is 1.76. The van der Waals surface area contributed by atoms with Gasteiger partial charge in [0.15, 0.2) is 0 Å². The molecule has 0 amide bonds. The zero-order valence-electron chi connectivity index (χ0n) is 17.1. The maximum atomic E-state index is 12.0. The first-order chi connectivity index (χ1) is 14.1. The van der Waals surface area contributed by atoms with Crippen LogP contribution in [0.1, 0.15) is 34.0 Å². The molecule has 4 aromatic rings. The molecule has 0 radical (unpaired) electrons. The number of hydrogen-bond donors (Lipinski definition) is 0. The molecule has 0 fully saturated rings. The van der Waals surface area contributed by atoms with Crippen molar-refractivity contribution in [1.29, 1.82) is 0 Å². The van der Waals surface area contributed by atoms with Crippen LogP contribution in [0.2, 0.25) is 0 Å². The SMILES string of the molecule is CCc1ccc2c(Cc3cccc(C(=O)OC)c3)c(-c3ccccc3)n(C)c2c1. The van der Waals surface area contributed by atoms with E-state index in [1.807, 2.05) is 18.2 Å². The van der Waals surface area contributed by atoms with Crippen molar-refractivity contribution >= 4 is 16.9 Å². The van der Waals surface area contributed by atoms with Crippen molar-refractivity contribution in [2.75, 3.05) is 7.11 Å². The first kappa shape index (κ1) is 19.0. The summed E-state index contributed by atoms with van der Waals surface area (Å²) in [6, 6.07) is 25.0. The maximum Gasteiger partial charge on any atom is 0.337 e. The number of fused-ring (bicyclic) bond motifs is 1. The molecular formula is C26H25NO2. The van der Waals surface area contributed by atoms with Gasteiger partial charge in [-0.2, -0.15) is 0 Å². The van der Waals surface area contributed by atoms with Crippen LogP contribution in [-0.2, 0) is 24.6 Å². The van der Waals surface area contributed by atoms with Crippen LogP contribution in [-0.4, -0.2) is 17.6 Å². The molecule has 0 aliphatic heterocycles. The Hall–Kier alpha value is -3.33. The number of hydrogen-bond acceptors (Lipinski definition) is 2. The largest absolute Gasteiger partial charge is 0.465 e. The topological polar surface area (TPSA) is 31.2 Å². The van der Waals surface area contributed by atoms with Crippen LogP contribution in [0.25, 0.3) is 22.2 Å². The smallest absolute Gasteiger partial charge is 0.337 e. The van der Waals surface area contributed by atoms with E-state index in [0.29, 0.717) is 5.56 Å². The van der Waals surface area contributed by atoms with Crippen LogP contribution in [0.3, 0.4) is 0 Å². The first-order valence-electron chi connectivity index (χ1n) is 9.95. The van der Waals surface area contributed by atoms with Crippen LogP contribution in [0.4, 0.5) is 0 Å². The van der Waals surface area contributed by atoms with Gasteiger partial charge in [-0.3, -0.25) is 0 Å². The minimum absolute atomic E-state index is 0.305. The summed E-state index contributed by atoms with van der Waals surface area (Å²) in [6.45, 7) is 2.18. The van der Waals surface area contributed by atoms with Crippen molar-refractivity contribution in [1.82, 2.24) is 4.57 Å². The summed E-state index contributed by atoms with van der Waals surface area (Å²) in [5.74, 6) is -0.305. The van der Waals surface area contributed by atoms with Crippen LogP contribution in [0.5, 0.6) is 0 Å². The minimum Gasteiger partial charge on any atom is -0.465 e. The molecule has 0 bridgehead atoms. The van der Waals surface area contributed by atoms with Gasteiger partial charge < -0.3 is 9.30 Å². The number of benzene rings is 3. The summed E-state index contributed by atoms with van der Waals surface area (Å²) in [5.41, 5.74) is 7.94. The van der Waals surface area contributed by atoms with E-state index < -0.39 is 0 Å². The Labute approximate surface area is 171 Å². The van der Waals surface area contributed by atoms with E-state index >= 15 is 0 Å². The van der Waals surface area contributed by atoms with Gasteiger partial charge in [0, 0.05) is 24.4 Å². The second kappa shape index (κ2) is 7.96. The van der Waals surface area contributed by atoms with Crippen LogP contribution in [0, 0.1) is 0 Å². The molecular weight excluding hydrogens is 358 g/mol. The molecule has 3 heteroatoms. The highest BCUT2D eigenvalue weighted by molar-refractivity contribution is 5.93. The van der Waals surface area contributed by atoms with Crippen LogP contribution >= 0.6 is 0 Å². The van der Waals surface area contributed by atoms with E-state index in [1.54, 1.807) is 6.07 Å². The van der Waals surface area contributed by atoms with E-state index in [-0.39, 0.29) is 5.97 Å². The summed E-state index contributed by atoms with van der Waals surface area (Å²) >= 11 is 0. The average Bonchev–Trinajstić information content (AvgIpc) is 3.04. The molecule has 0 saturated carbocycles. The Morgan fingerprint density at radius 3 is 2.45 bits per heavy atom. The van der Waals surface area contributed by atoms with Crippen molar-refractivity contribution in [2.45, 2.75) is 19.8 Å². The van der Waals surface area contributed by atoms with E-state index in [0.717, 1.165) is 18.4 Å². The van der Waals surface area contributed by atoms with Gasteiger partial charge in [0.2, 0.25) is 0 Å². The first-order valence-corrected chi connectivity index (χ1v) is 9.95. The molecule has 0 spiro atoms. The van der Waals surface area contributed by atoms with Crippen LogP contribution < -0.4 is 0 Å².